The van der Waals surface area contributed by atoms with Gasteiger partial charge in [-0.1, -0.05) is 6.92 Å². The van der Waals surface area contributed by atoms with E-state index in [-0.39, 0.29) is 11.6 Å². The topological polar surface area (TPSA) is 55.4 Å². The van der Waals surface area contributed by atoms with Crippen LogP contribution in [0.4, 0.5) is 13.2 Å². The second-order valence-corrected chi connectivity index (χ2v) is 4.53. The van der Waals surface area contributed by atoms with Crippen LogP contribution < -0.4 is 5.32 Å². The minimum absolute atomic E-state index is 0.0396. The summed E-state index contributed by atoms with van der Waals surface area (Å²) in [4.78, 5) is 23.0. The second kappa shape index (κ2) is 7.10. The van der Waals surface area contributed by atoms with E-state index in [1.807, 2.05) is 6.92 Å². The molecule has 0 saturated carbocycles. The van der Waals surface area contributed by atoms with Gasteiger partial charge in [0.2, 0.25) is 0 Å². The van der Waals surface area contributed by atoms with Gasteiger partial charge >= 0.3 is 12.1 Å². The maximum Gasteiger partial charge on any atom is 0.416 e. The number of halogens is 3. The van der Waals surface area contributed by atoms with Crippen LogP contribution in [0.25, 0.3) is 0 Å². The maximum atomic E-state index is 12.4. The number of alkyl halides is 3. The summed E-state index contributed by atoms with van der Waals surface area (Å²) in [6, 6.07) is 3.56. The Hall–Kier alpha value is -2.05. The Bertz CT molecular complexity index is 497. The fourth-order valence-electron chi connectivity index (χ4n) is 1.43. The Morgan fingerprint density at radius 2 is 1.81 bits per heavy atom. The zero-order valence-corrected chi connectivity index (χ0v) is 11.7. The van der Waals surface area contributed by atoms with Crippen LogP contribution in [-0.2, 0) is 15.7 Å². The van der Waals surface area contributed by atoms with Gasteiger partial charge in [-0.15, -0.1) is 0 Å². The average molecular weight is 303 g/mol. The number of hydrogen-bond acceptors (Lipinski definition) is 3. The van der Waals surface area contributed by atoms with Gasteiger partial charge in [0.05, 0.1) is 11.1 Å². The molecular weight excluding hydrogens is 287 g/mol. The summed E-state index contributed by atoms with van der Waals surface area (Å²) in [6.45, 7) is 3.22. The molecule has 1 aromatic rings. The van der Waals surface area contributed by atoms with Gasteiger partial charge in [0, 0.05) is 6.04 Å². The van der Waals surface area contributed by atoms with Crippen molar-refractivity contribution in [1.82, 2.24) is 5.32 Å². The molecular formula is C14H16F3NO3. The lowest BCUT2D eigenvalue weighted by Gasteiger charge is -2.11. The van der Waals surface area contributed by atoms with Crippen molar-refractivity contribution in [3.05, 3.63) is 35.4 Å². The van der Waals surface area contributed by atoms with Gasteiger partial charge in [0.25, 0.3) is 5.91 Å². The molecule has 1 N–H and O–H groups in total. The Labute approximate surface area is 120 Å². The van der Waals surface area contributed by atoms with E-state index in [9.17, 15) is 22.8 Å². The Kier molecular flexibility index (Phi) is 5.75. The average Bonchev–Trinajstić information content (AvgIpc) is 2.43. The van der Waals surface area contributed by atoms with E-state index < -0.39 is 30.2 Å². The van der Waals surface area contributed by atoms with Crippen molar-refractivity contribution >= 4 is 11.9 Å². The number of ether oxygens (including phenoxy) is 1. The quantitative estimate of drug-likeness (QED) is 0.851. The molecule has 0 heterocycles. The van der Waals surface area contributed by atoms with Crippen LogP contribution >= 0.6 is 0 Å². The van der Waals surface area contributed by atoms with Gasteiger partial charge in [-0.05, 0) is 37.6 Å². The van der Waals surface area contributed by atoms with Gasteiger partial charge in [-0.3, -0.25) is 4.79 Å². The number of hydrogen-bond donors (Lipinski definition) is 1. The number of rotatable bonds is 5. The Balaban J connectivity index is 2.55. The highest BCUT2D eigenvalue weighted by Crippen LogP contribution is 2.29. The van der Waals surface area contributed by atoms with E-state index in [1.54, 1.807) is 6.92 Å². The Morgan fingerprint density at radius 1 is 1.24 bits per heavy atom. The molecule has 0 bridgehead atoms. The maximum absolute atomic E-state index is 12.4. The van der Waals surface area contributed by atoms with Crippen molar-refractivity contribution in [2.45, 2.75) is 32.5 Å². The van der Waals surface area contributed by atoms with Crippen molar-refractivity contribution in [3.63, 3.8) is 0 Å². The molecule has 0 aromatic heterocycles. The molecule has 0 aliphatic heterocycles. The summed E-state index contributed by atoms with van der Waals surface area (Å²) < 4.78 is 41.8. The van der Waals surface area contributed by atoms with Crippen molar-refractivity contribution in [3.8, 4) is 0 Å². The van der Waals surface area contributed by atoms with E-state index in [4.69, 9.17) is 4.74 Å². The van der Waals surface area contributed by atoms with Gasteiger partial charge in [-0.25, -0.2) is 4.79 Å². The lowest BCUT2D eigenvalue weighted by atomic mass is 10.1. The standard InChI is InChI=1S/C14H16F3NO3/c1-3-9(2)18-12(19)8-21-13(20)10-4-6-11(7-5-10)14(15,16)17/h4-7,9H,3,8H2,1-2H3,(H,18,19)/t9-/m0/s1. The predicted molar refractivity (Wildman–Crippen MR) is 69.6 cm³/mol. The fourth-order valence-corrected chi connectivity index (χ4v) is 1.43. The minimum atomic E-state index is -4.46. The van der Waals surface area contributed by atoms with Crippen LogP contribution in [0, 0.1) is 0 Å². The van der Waals surface area contributed by atoms with E-state index in [2.05, 4.69) is 5.32 Å². The predicted octanol–water partition coefficient (Wildman–Crippen LogP) is 2.78. The third-order valence-electron chi connectivity index (χ3n) is 2.80. The van der Waals surface area contributed by atoms with Crippen molar-refractivity contribution < 1.29 is 27.5 Å². The fraction of sp³-hybridized carbons (Fsp3) is 0.429. The van der Waals surface area contributed by atoms with Crippen molar-refractivity contribution in [2.24, 2.45) is 0 Å². The van der Waals surface area contributed by atoms with Crippen LogP contribution in [0.15, 0.2) is 24.3 Å². The third-order valence-corrected chi connectivity index (χ3v) is 2.80. The summed E-state index contributed by atoms with van der Waals surface area (Å²) in [5.74, 6) is -1.30. The molecule has 116 valence electrons. The zero-order chi connectivity index (χ0) is 16.0. The summed E-state index contributed by atoms with van der Waals surface area (Å²) in [7, 11) is 0. The van der Waals surface area contributed by atoms with Crippen molar-refractivity contribution in [1.29, 1.82) is 0 Å². The summed E-state index contributed by atoms with van der Waals surface area (Å²) in [5.41, 5.74) is -0.895. The smallest absolute Gasteiger partial charge is 0.416 e. The molecule has 7 heteroatoms. The zero-order valence-electron chi connectivity index (χ0n) is 11.7. The number of benzene rings is 1. The van der Waals surface area contributed by atoms with Crippen LogP contribution in [0.3, 0.4) is 0 Å². The van der Waals surface area contributed by atoms with E-state index in [1.165, 1.54) is 0 Å². The molecule has 1 atom stereocenters. The molecule has 0 fully saturated rings. The molecule has 21 heavy (non-hydrogen) atoms. The van der Waals surface area contributed by atoms with Crippen LogP contribution in [-0.4, -0.2) is 24.5 Å². The molecule has 1 amide bonds. The van der Waals surface area contributed by atoms with Gasteiger partial charge < -0.3 is 10.1 Å². The molecule has 0 unspecified atom stereocenters. The van der Waals surface area contributed by atoms with Crippen LogP contribution in [0.1, 0.15) is 36.2 Å². The monoisotopic (exact) mass is 303 g/mol. The second-order valence-electron chi connectivity index (χ2n) is 4.53. The third kappa shape index (κ3) is 5.45. The summed E-state index contributed by atoms with van der Waals surface area (Å²) in [6.07, 6.45) is -3.72. The van der Waals surface area contributed by atoms with Crippen molar-refractivity contribution in [2.75, 3.05) is 6.61 Å². The molecule has 0 saturated heterocycles. The number of carbonyl (C=O) groups excluding carboxylic acids is 2. The molecule has 1 aromatic carbocycles. The van der Waals surface area contributed by atoms with Gasteiger partial charge in [-0.2, -0.15) is 13.2 Å². The Morgan fingerprint density at radius 3 is 2.29 bits per heavy atom. The highest BCUT2D eigenvalue weighted by molar-refractivity contribution is 5.91. The number of amides is 1. The van der Waals surface area contributed by atoms with Crippen LogP contribution in [0.5, 0.6) is 0 Å². The SMILES string of the molecule is CC[C@H](C)NC(=O)COC(=O)c1ccc(C(F)(F)F)cc1. The highest BCUT2D eigenvalue weighted by atomic mass is 19.4. The first kappa shape index (κ1) is 17.0. The number of esters is 1. The van der Waals surface area contributed by atoms with E-state index in [0.717, 1.165) is 30.7 Å². The molecule has 0 radical (unpaired) electrons. The first-order valence-corrected chi connectivity index (χ1v) is 6.37. The van der Waals surface area contributed by atoms with E-state index in [0.29, 0.717) is 0 Å². The number of nitrogens with one attached hydrogen (secondary N) is 1. The largest absolute Gasteiger partial charge is 0.452 e. The number of carbonyl (C=O) groups is 2. The molecule has 0 aliphatic rings. The van der Waals surface area contributed by atoms with E-state index >= 15 is 0 Å². The van der Waals surface area contributed by atoms with Gasteiger partial charge in [0.15, 0.2) is 6.61 Å². The summed E-state index contributed by atoms with van der Waals surface area (Å²) in [5, 5.41) is 2.60. The first-order valence-electron chi connectivity index (χ1n) is 6.37. The lowest BCUT2D eigenvalue weighted by molar-refractivity contribution is -0.137. The first-order chi connectivity index (χ1) is 9.74. The lowest BCUT2D eigenvalue weighted by Crippen LogP contribution is -2.35. The molecule has 0 aliphatic carbocycles. The highest BCUT2D eigenvalue weighted by Gasteiger charge is 2.30. The van der Waals surface area contributed by atoms with Crippen LogP contribution in [0.2, 0.25) is 0 Å². The molecule has 0 spiro atoms. The normalized spacial score (nSPS) is 12.6. The summed E-state index contributed by atoms with van der Waals surface area (Å²) >= 11 is 0. The molecule has 4 nitrogen and oxygen atoms in total. The molecule has 1 rings (SSSR count). The minimum Gasteiger partial charge on any atom is -0.452 e. The van der Waals surface area contributed by atoms with Gasteiger partial charge in [0.1, 0.15) is 0 Å².